The smallest absolute Gasteiger partial charge is 0.326 e. The average Bonchev–Trinajstić information content (AvgIpc) is 2.76. The van der Waals surface area contributed by atoms with Gasteiger partial charge < -0.3 is 10.7 Å². The molecule has 0 fully saturated rings. The lowest BCUT2D eigenvalue weighted by atomic mass is 10.1. The highest BCUT2D eigenvalue weighted by molar-refractivity contribution is 5.75. The molecule has 0 spiro atoms. The summed E-state index contributed by atoms with van der Waals surface area (Å²) < 4.78 is 1.74. The van der Waals surface area contributed by atoms with Crippen molar-refractivity contribution in [3.05, 3.63) is 70.1 Å². The van der Waals surface area contributed by atoms with Crippen molar-refractivity contribution in [3.8, 4) is 0 Å². The molecule has 0 atom stereocenters. The number of fused-ring (bicyclic) bond motifs is 1. The second-order valence-corrected chi connectivity index (χ2v) is 4.55. The Labute approximate surface area is 110 Å². The van der Waals surface area contributed by atoms with E-state index in [9.17, 15) is 4.79 Å². The normalized spacial score (nSPS) is 11.0. The molecular formula is C15H15N3O. The van der Waals surface area contributed by atoms with Crippen molar-refractivity contribution in [2.45, 2.75) is 13.1 Å². The van der Waals surface area contributed by atoms with E-state index in [0.717, 1.165) is 22.2 Å². The van der Waals surface area contributed by atoms with Gasteiger partial charge in [-0.25, -0.2) is 4.79 Å². The van der Waals surface area contributed by atoms with E-state index >= 15 is 0 Å². The van der Waals surface area contributed by atoms with E-state index in [1.54, 1.807) is 4.57 Å². The summed E-state index contributed by atoms with van der Waals surface area (Å²) in [4.78, 5) is 14.8. The SMILES string of the molecule is NCc1ccc(Cn2c(=O)[nH]c3ccccc32)cc1. The van der Waals surface area contributed by atoms with Crippen molar-refractivity contribution in [2.24, 2.45) is 5.73 Å². The summed E-state index contributed by atoms with van der Waals surface area (Å²) in [5, 5.41) is 0. The average molecular weight is 253 g/mol. The van der Waals surface area contributed by atoms with E-state index in [-0.39, 0.29) is 5.69 Å². The van der Waals surface area contributed by atoms with Gasteiger partial charge in [0.2, 0.25) is 0 Å². The largest absolute Gasteiger partial charge is 0.326 e. The molecule has 3 N–H and O–H groups in total. The third kappa shape index (κ3) is 2.18. The fourth-order valence-corrected chi connectivity index (χ4v) is 2.23. The van der Waals surface area contributed by atoms with Gasteiger partial charge in [0.05, 0.1) is 17.6 Å². The number of H-pyrrole nitrogens is 1. The zero-order chi connectivity index (χ0) is 13.2. The number of imidazole rings is 1. The first-order chi connectivity index (χ1) is 9.28. The maximum Gasteiger partial charge on any atom is 0.326 e. The highest BCUT2D eigenvalue weighted by atomic mass is 16.1. The summed E-state index contributed by atoms with van der Waals surface area (Å²) in [5.41, 5.74) is 9.47. The highest BCUT2D eigenvalue weighted by Crippen LogP contribution is 2.12. The van der Waals surface area contributed by atoms with Gasteiger partial charge in [0.15, 0.2) is 0 Å². The molecule has 0 saturated carbocycles. The molecule has 3 aromatic rings. The van der Waals surface area contributed by atoms with Gasteiger partial charge in [-0.3, -0.25) is 4.57 Å². The van der Waals surface area contributed by atoms with Crippen molar-refractivity contribution < 1.29 is 0 Å². The van der Waals surface area contributed by atoms with Crippen molar-refractivity contribution >= 4 is 11.0 Å². The summed E-state index contributed by atoms with van der Waals surface area (Å²) in [5.74, 6) is 0. The van der Waals surface area contributed by atoms with Gasteiger partial charge in [-0.15, -0.1) is 0 Å². The lowest BCUT2D eigenvalue weighted by Gasteiger charge is -2.04. The molecule has 2 aromatic carbocycles. The second-order valence-electron chi connectivity index (χ2n) is 4.55. The lowest BCUT2D eigenvalue weighted by molar-refractivity contribution is 0.786. The maximum atomic E-state index is 12.0. The molecular weight excluding hydrogens is 238 g/mol. The van der Waals surface area contributed by atoms with E-state index in [0.29, 0.717) is 13.1 Å². The molecule has 0 bridgehead atoms. The molecule has 4 nitrogen and oxygen atoms in total. The molecule has 19 heavy (non-hydrogen) atoms. The minimum absolute atomic E-state index is 0.0795. The Morgan fingerprint density at radius 1 is 1.00 bits per heavy atom. The first-order valence-corrected chi connectivity index (χ1v) is 6.23. The molecule has 1 aromatic heterocycles. The predicted octanol–water partition coefficient (Wildman–Crippen LogP) is 1.84. The van der Waals surface area contributed by atoms with Crippen LogP contribution in [0.2, 0.25) is 0 Å². The number of hydrogen-bond acceptors (Lipinski definition) is 2. The van der Waals surface area contributed by atoms with Crippen molar-refractivity contribution in [1.29, 1.82) is 0 Å². The van der Waals surface area contributed by atoms with Crippen LogP contribution < -0.4 is 11.4 Å². The van der Waals surface area contributed by atoms with Crippen LogP contribution >= 0.6 is 0 Å². The van der Waals surface area contributed by atoms with Crippen LogP contribution in [0.5, 0.6) is 0 Å². The Morgan fingerprint density at radius 2 is 1.68 bits per heavy atom. The van der Waals surface area contributed by atoms with Gasteiger partial charge >= 0.3 is 5.69 Å². The van der Waals surface area contributed by atoms with Crippen LogP contribution in [0.3, 0.4) is 0 Å². The van der Waals surface area contributed by atoms with Crippen LogP contribution in [0.1, 0.15) is 11.1 Å². The minimum atomic E-state index is -0.0795. The molecule has 0 aliphatic carbocycles. The van der Waals surface area contributed by atoms with Gasteiger partial charge in [0, 0.05) is 6.54 Å². The number of aromatic nitrogens is 2. The minimum Gasteiger partial charge on any atom is -0.326 e. The molecule has 0 unspecified atom stereocenters. The van der Waals surface area contributed by atoms with Crippen LogP contribution in [0.25, 0.3) is 11.0 Å². The third-order valence-electron chi connectivity index (χ3n) is 3.28. The van der Waals surface area contributed by atoms with Crippen molar-refractivity contribution in [1.82, 2.24) is 9.55 Å². The zero-order valence-electron chi connectivity index (χ0n) is 10.5. The number of aromatic amines is 1. The molecule has 0 radical (unpaired) electrons. The Balaban J connectivity index is 2.00. The van der Waals surface area contributed by atoms with Gasteiger partial charge in [-0.2, -0.15) is 0 Å². The predicted molar refractivity (Wildman–Crippen MR) is 76.0 cm³/mol. The van der Waals surface area contributed by atoms with Gasteiger partial charge in [-0.1, -0.05) is 36.4 Å². The van der Waals surface area contributed by atoms with E-state index in [4.69, 9.17) is 5.73 Å². The highest BCUT2D eigenvalue weighted by Gasteiger charge is 2.06. The first-order valence-electron chi connectivity index (χ1n) is 6.23. The molecule has 0 saturated heterocycles. The summed E-state index contributed by atoms with van der Waals surface area (Å²) >= 11 is 0. The first kappa shape index (κ1) is 11.7. The van der Waals surface area contributed by atoms with Crippen LogP contribution in [0.15, 0.2) is 53.3 Å². The third-order valence-corrected chi connectivity index (χ3v) is 3.28. The quantitative estimate of drug-likeness (QED) is 0.748. The van der Waals surface area contributed by atoms with Crippen LogP contribution in [0.4, 0.5) is 0 Å². The van der Waals surface area contributed by atoms with E-state index in [1.165, 1.54) is 0 Å². The molecule has 3 rings (SSSR count). The second kappa shape index (κ2) is 4.74. The fourth-order valence-electron chi connectivity index (χ4n) is 2.23. The molecule has 1 heterocycles. The van der Waals surface area contributed by atoms with Crippen molar-refractivity contribution in [2.75, 3.05) is 0 Å². The van der Waals surface area contributed by atoms with E-state index < -0.39 is 0 Å². The summed E-state index contributed by atoms with van der Waals surface area (Å²) in [6, 6.07) is 15.7. The molecule has 0 aliphatic rings. The molecule has 4 heteroatoms. The number of para-hydroxylation sites is 2. The number of nitrogens with two attached hydrogens (primary N) is 1. The monoisotopic (exact) mass is 253 g/mol. The standard InChI is InChI=1S/C15H15N3O/c16-9-11-5-7-12(8-6-11)10-18-14-4-2-1-3-13(14)17-15(18)19/h1-8H,9-10,16H2,(H,17,19). The Bertz CT molecular complexity index is 753. The van der Waals surface area contributed by atoms with E-state index in [1.807, 2.05) is 48.5 Å². The Hall–Kier alpha value is -2.33. The van der Waals surface area contributed by atoms with Crippen molar-refractivity contribution in [3.63, 3.8) is 0 Å². The Morgan fingerprint density at radius 3 is 2.42 bits per heavy atom. The molecule has 96 valence electrons. The summed E-state index contributed by atoms with van der Waals surface area (Å²) in [7, 11) is 0. The summed E-state index contributed by atoms with van der Waals surface area (Å²) in [6.45, 7) is 1.10. The fraction of sp³-hybridized carbons (Fsp3) is 0.133. The molecule has 0 amide bonds. The van der Waals surface area contributed by atoms with Gasteiger partial charge in [-0.05, 0) is 23.3 Å². The van der Waals surface area contributed by atoms with Crippen LogP contribution in [-0.4, -0.2) is 9.55 Å². The Kier molecular flexibility index (Phi) is 2.93. The maximum absolute atomic E-state index is 12.0. The molecule has 0 aliphatic heterocycles. The number of benzene rings is 2. The lowest BCUT2D eigenvalue weighted by Crippen LogP contribution is -2.17. The topological polar surface area (TPSA) is 63.8 Å². The van der Waals surface area contributed by atoms with Gasteiger partial charge in [0.25, 0.3) is 0 Å². The number of nitrogens with zero attached hydrogens (tertiary/aromatic N) is 1. The van der Waals surface area contributed by atoms with Gasteiger partial charge in [0.1, 0.15) is 0 Å². The number of nitrogens with one attached hydrogen (secondary N) is 1. The number of rotatable bonds is 3. The van der Waals surface area contributed by atoms with Crippen LogP contribution in [0, 0.1) is 0 Å². The van der Waals surface area contributed by atoms with E-state index in [2.05, 4.69) is 4.98 Å². The summed E-state index contributed by atoms with van der Waals surface area (Å²) in [6.07, 6.45) is 0. The number of hydrogen-bond donors (Lipinski definition) is 2. The van der Waals surface area contributed by atoms with Crippen LogP contribution in [-0.2, 0) is 13.1 Å². The zero-order valence-corrected chi connectivity index (χ0v) is 10.5.